The highest BCUT2D eigenvalue weighted by Gasteiger charge is 2.22. The molecule has 0 aliphatic rings. The van der Waals surface area contributed by atoms with E-state index < -0.39 is 5.60 Å². The van der Waals surface area contributed by atoms with Crippen LogP contribution in [0.3, 0.4) is 0 Å². The molecule has 0 fully saturated rings. The highest BCUT2D eigenvalue weighted by Crippen LogP contribution is 2.21. The van der Waals surface area contributed by atoms with E-state index in [9.17, 15) is 9.59 Å². The molecule has 0 atom stereocenters. The van der Waals surface area contributed by atoms with Gasteiger partial charge >= 0.3 is 5.97 Å². The average Bonchev–Trinajstić information content (AvgIpc) is 2.74. The van der Waals surface area contributed by atoms with Gasteiger partial charge in [0.25, 0.3) is 0 Å². The molecular formula is C13H19NO3S. The lowest BCUT2D eigenvalue weighted by molar-refractivity contribution is -0.119. The number of nitrogens with one attached hydrogen (secondary N) is 1. The van der Waals surface area contributed by atoms with Crippen LogP contribution >= 0.6 is 11.3 Å². The number of esters is 1. The van der Waals surface area contributed by atoms with Crippen LogP contribution in [0.15, 0.2) is 12.1 Å². The quantitative estimate of drug-likeness (QED) is 0.836. The van der Waals surface area contributed by atoms with Gasteiger partial charge in [0, 0.05) is 11.8 Å². The first-order chi connectivity index (χ1) is 8.34. The smallest absolute Gasteiger partial charge is 0.348 e. The molecule has 0 aliphatic heterocycles. The molecule has 100 valence electrons. The highest BCUT2D eigenvalue weighted by atomic mass is 32.1. The fourth-order valence-electron chi connectivity index (χ4n) is 1.17. The van der Waals surface area contributed by atoms with Gasteiger partial charge in [-0.05, 0) is 32.4 Å². The monoisotopic (exact) mass is 269 g/mol. The minimum atomic E-state index is -0.446. The normalized spacial score (nSPS) is 11.1. The fraction of sp³-hybridized carbons (Fsp3) is 0.538. The molecule has 1 aromatic rings. The molecule has 1 heterocycles. The van der Waals surface area contributed by atoms with Crippen molar-refractivity contribution in [1.29, 1.82) is 0 Å². The maximum atomic E-state index is 11.9. The van der Waals surface area contributed by atoms with Crippen molar-refractivity contribution in [1.82, 2.24) is 5.32 Å². The van der Waals surface area contributed by atoms with Gasteiger partial charge in [-0.25, -0.2) is 4.79 Å². The van der Waals surface area contributed by atoms with Gasteiger partial charge in [0.15, 0.2) is 0 Å². The van der Waals surface area contributed by atoms with Gasteiger partial charge < -0.3 is 10.1 Å². The van der Waals surface area contributed by atoms with Crippen molar-refractivity contribution in [2.45, 2.75) is 46.3 Å². The average molecular weight is 269 g/mol. The lowest BCUT2D eigenvalue weighted by Gasteiger charge is -2.22. The second kappa shape index (κ2) is 6.00. The lowest BCUT2D eigenvalue weighted by Crippen LogP contribution is -2.26. The predicted octanol–water partition coefficient (Wildman–Crippen LogP) is 2.73. The van der Waals surface area contributed by atoms with Crippen LogP contribution in [-0.2, 0) is 16.1 Å². The third-order valence-corrected chi connectivity index (χ3v) is 3.66. The summed E-state index contributed by atoms with van der Waals surface area (Å²) >= 11 is 1.34. The Morgan fingerprint density at radius 3 is 2.61 bits per heavy atom. The molecular weight excluding hydrogens is 250 g/mol. The van der Waals surface area contributed by atoms with Gasteiger partial charge in [-0.1, -0.05) is 6.92 Å². The maximum absolute atomic E-state index is 11.9. The van der Waals surface area contributed by atoms with Crippen molar-refractivity contribution < 1.29 is 14.3 Å². The number of amides is 1. The fourth-order valence-corrected chi connectivity index (χ4v) is 1.99. The Morgan fingerprint density at radius 2 is 2.06 bits per heavy atom. The van der Waals surface area contributed by atoms with E-state index in [0.29, 0.717) is 11.4 Å². The molecule has 5 heteroatoms. The summed E-state index contributed by atoms with van der Waals surface area (Å²) in [6.45, 7) is 7.66. The molecule has 1 N–H and O–H groups in total. The molecule has 0 unspecified atom stereocenters. The van der Waals surface area contributed by atoms with Crippen molar-refractivity contribution >= 4 is 23.2 Å². The van der Waals surface area contributed by atoms with Crippen LogP contribution in [-0.4, -0.2) is 17.5 Å². The number of thiophene rings is 1. The minimum absolute atomic E-state index is 0.0837. The lowest BCUT2D eigenvalue weighted by atomic mass is 10.1. The third kappa shape index (κ3) is 4.49. The zero-order valence-corrected chi connectivity index (χ0v) is 12.0. The molecule has 18 heavy (non-hydrogen) atoms. The van der Waals surface area contributed by atoms with Crippen LogP contribution in [0.5, 0.6) is 0 Å². The van der Waals surface area contributed by atoms with Crippen LogP contribution in [0.4, 0.5) is 0 Å². The first-order valence-electron chi connectivity index (χ1n) is 5.90. The van der Waals surface area contributed by atoms with Crippen molar-refractivity contribution in [2.75, 3.05) is 0 Å². The molecule has 4 nitrogen and oxygen atoms in total. The van der Waals surface area contributed by atoms with E-state index in [1.165, 1.54) is 18.3 Å². The Morgan fingerprint density at radius 1 is 1.39 bits per heavy atom. The van der Waals surface area contributed by atoms with Crippen LogP contribution in [0.1, 0.15) is 48.7 Å². The second-order valence-electron chi connectivity index (χ2n) is 4.68. The summed E-state index contributed by atoms with van der Waals surface area (Å²) in [5, 5.41) is 2.69. The molecule has 0 radical (unpaired) electrons. The maximum Gasteiger partial charge on any atom is 0.348 e. The van der Waals surface area contributed by atoms with E-state index in [2.05, 4.69) is 5.32 Å². The minimum Gasteiger partial charge on any atom is -0.455 e. The summed E-state index contributed by atoms with van der Waals surface area (Å²) in [6.07, 6.45) is 0.767. The van der Waals surface area contributed by atoms with Gasteiger partial charge in [0.05, 0.1) is 6.54 Å². The zero-order valence-electron chi connectivity index (χ0n) is 11.2. The van der Waals surface area contributed by atoms with Crippen LogP contribution < -0.4 is 5.32 Å². The van der Waals surface area contributed by atoms with Gasteiger partial charge in [0.1, 0.15) is 10.5 Å². The molecule has 0 bridgehead atoms. The number of carbonyl (C=O) groups excluding carboxylic acids is 2. The Balaban J connectivity index is 2.62. The predicted molar refractivity (Wildman–Crippen MR) is 71.6 cm³/mol. The Bertz CT molecular complexity index is 437. The highest BCUT2D eigenvalue weighted by molar-refractivity contribution is 7.13. The van der Waals surface area contributed by atoms with Crippen LogP contribution in [0.2, 0.25) is 0 Å². The van der Waals surface area contributed by atoms with E-state index >= 15 is 0 Å². The Kier molecular flexibility index (Phi) is 4.90. The number of hydrogen-bond donors (Lipinski definition) is 1. The molecule has 0 aromatic carbocycles. The van der Waals surface area contributed by atoms with E-state index in [-0.39, 0.29) is 11.9 Å². The SMILES string of the molecule is CCC(C)(C)OC(=O)c1ccc(CNC(C)=O)s1. The van der Waals surface area contributed by atoms with Crippen molar-refractivity contribution in [3.05, 3.63) is 21.9 Å². The van der Waals surface area contributed by atoms with Gasteiger partial charge in [0.2, 0.25) is 5.91 Å². The first-order valence-corrected chi connectivity index (χ1v) is 6.72. The van der Waals surface area contributed by atoms with Gasteiger partial charge in [-0.15, -0.1) is 11.3 Å². The zero-order chi connectivity index (χ0) is 13.8. The number of ether oxygens (including phenoxy) is 1. The first kappa shape index (κ1) is 14.7. The van der Waals surface area contributed by atoms with E-state index in [1.807, 2.05) is 26.8 Å². The van der Waals surface area contributed by atoms with Crippen molar-refractivity contribution in [2.24, 2.45) is 0 Å². The summed E-state index contributed by atoms with van der Waals surface area (Å²) in [5.41, 5.74) is -0.446. The largest absolute Gasteiger partial charge is 0.455 e. The topological polar surface area (TPSA) is 55.4 Å². The summed E-state index contributed by atoms with van der Waals surface area (Å²) in [7, 11) is 0. The molecule has 0 spiro atoms. The van der Waals surface area contributed by atoms with Gasteiger partial charge in [-0.2, -0.15) is 0 Å². The standard InChI is InChI=1S/C13H19NO3S/c1-5-13(3,4)17-12(16)11-7-6-10(18-11)8-14-9(2)15/h6-7H,5,8H2,1-4H3,(H,14,15). The molecule has 1 amide bonds. The van der Waals surface area contributed by atoms with Crippen LogP contribution in [0, 0.1) is 0 Å². The summed E-state index contributed by atoms with van der Waals surface area (Å²) in [5.74, 6) is -0.388. The number of hydrogen-bond acceptors (Lipinski definition) is 4. The van der Waals surface area contributed by atoms with Crippen molar-refractivity contribution in [3.8, 4) is 0 Å². The Labute approximate surface area is 111 Å². The molecule has 1 rings (SSSR count). The van der Waals surface area contributed by atoms with Crippen LogP contribution in [0.25, 0.3) is 0 Å². The molecule has 1 aromatic heterocycles. The van der Waals surface area contributed by atoms with Crippen molar-refractivity contribution in [3.63, 3.8) is 0 Å². The van der Waals surface area contributed by atoms with E-state index in [4.69, 9.17) is 4.74 Å². The molecule has 0 saturated carbocycles. The third-order valence-electron chi connectivity index (χ3n) is 2.59. The summed E-state index contributed by atoms with van der Waals surface area (Å²) in [4.78, 5) is 24.2. The van der Waals surface area contributed by atoms with E-state index in [1.54, 1.807) is 6.07 Å². The summed E-state index contributed by atoms with van der Waals surface area (Å²) < 4.78 is 5.40. The second-order valence-corrected chi connectivity index (χ2v) is 5.85. The van der Waals surface area contributed by atoms with E-state index in [0.717, 1.165) is 11.3 Å². The molecule has 0 saturated heterocycles. The number of rotatable bonds is 5. The Hall–Kier alpha value is -1.36. The summed E-state index contributed by atoms with van der Waals surface area (Å²) in [6, 6.07) is 3.56. The number of carbonyl (C=O) groups is 2. The molecule has 0 aliphatic carbocycles. The van der Waals surface area contributed by atoms with Gasteiger partial charge in [-0.3, -0.25) is 4.79 Å².